The second kappa shape index (κ2) is 37.2. The molecule has 8 heteroatoms. The van der Waals surface area contributed by atoms with E-state index in [2.05, 4.69) is 62.5 Å². The summed E-state index contributed by atoms with van der Waals surface area (Å²) in [5.41, 5.74) is 0. The minimum Gasteiger partial charge on any atom is -0.477 e. The number of hydrogen-bond acceptors (Lipinski definition) is 6. The average molecular weight is 761 g/mol. The maximum Gasteiger partial charge on any atom is 0.362 e. The summed E-state index contributed by atoms with van der Waals surface area (Å²) >= 11 is 0. The first kappa shape index (κ1) is 51.3. The Hall–Kier alpha value is -2.71. The molecule has 1 N–H and O–H groups in total. The predicted molar refractivity (Wildman–Crippen MR) is 224 cm³/mol. The zero-order chi connectivity index (χ0) is 40.0. The second-order valence-corrected chi connectivity index (χ2v) is 15.6. The Morgan fingerprint density at radius 3 is 1.57 bits per heavy atom. The van der Waals surface area contributed by atoms with Crippen LogP contribution in [0.1, 0.15) is 174 Å². The summed E-state index contributed by atoms with van der Waals surface area (Å²) in [4.78, 5) is 36.9. The van der Waals surface area contributed by atoms with E-state index in [0.29, 0.717) is 19.3 Å². The van der Waals surface area contributed by atoms with Gasteiger partial charge in [-0.1, -0.05) is 133 Å². The van der Waals surface area contributed by atoms with Gasteiger partial charge in [-0.2, -0.15) is 0 Å². The molecule has 0 bridgehead atoms. The topological polar surface area (TPSA) is 99.1 Å². The number of carbonyl (C=O) groups excluding carboxylic acids is 2. The van der Waals surface area contributed by atoms with Gasteiger partial charge >= 0.3 is 17.9 Å². The molecular formula is C46H82NO7+. The van der Waals surface area contributed by atoms with Gasteiger partial charge in [0, 0.05) is 19.3 Å². The standard InChI is InChI=1S/C46H81NO7/c1-6-8-10-12-14-16-18-20-21-22-23-25-26-28-30-32-34-36-44(48)53-41-42(40-52-39-38-43(46(50)51)47(3,4)5)54-45(49)37-35-33-31-29-27-24-19-17-15-13-11-9-7-2/h9,11,15,17,20-21,24,27,42-43H,6-8,10,12-14,16,18-19,22-23,25-26,28-41H2,1-5H3/p+1/b11-9-,17-15-,21-20-,27-24-. The van der Waals surface area contributed by atoms with Gasteiger partial charge in [-0.3, -0.25) is 9.59 Å². The van der Waals surface area contributed by atoms with Gasteiger partial charge in [-0.25, -0.2) is 4.79 Å². The molecule has 0 spiro atoms. The molecule has 2 atom stereocenters. The molecule has 0 aliphatic carbocycles. The van der Waals surface area contributed by atoms with E-state index in [4.69, 9.17) is 14.2 Å². The van der Waals surface area contributed by atoms with Crippen LogP contribution in [0, 0.1) is 0 Å². The Morgan fingerprint density at radius 1 is 0.574 bits per heavy atom. The van der Waals surface area contributed by atoms with Crippen molar-refractivity contribution < 1.29 is 38.2 Å². The average Bonchev–Trinajstić information content (AvgIpc) is 3.12. The van der Waals surface area contributed by atoms with Crippen molar-refractivity contribution in [2.75, 3.05) is 41.0 Å². The third-order valence-electron chi connectivity index (χ3n) is 9.46. The molecule has 54 heavy (non-hydrogen) atoms. The Labute approximate surface area is 331 Å². The molecule has 0 amide bonds. The number of ether oxygens (including phenoxy) is 3. The highest BCUT2D eigenvalue weighted by Gasteiger charge is 2.31. The van der Waals surface area contributed by atoms with E-state index in [-0.39, 0.29) is 36.2 Å². The van der Waals surface area contributed by atoms with Crippen LogP contribution in [0.5, 0.6) is 0 Å². The van der Waals surface area contributed by atoms with Crippen molar-refractivity contribution in [3.63, 3.8) is 0 Å². The molecule has 0 rings (SSSR count). The first-order valence-corrected chi connectivity index (χ1v) is 21.7. The van der Waals surface area contributed by atoms with E-state index < -0.39 is 18.1 Å². The highest BCUT2D eigenvalue weighted by atomic mass is 16.6. The number of unbranched alkanes of at least 4 members (excludes halogenated alkanes) is 16. The number of nitrogens with zero attached hydrogens (tertiary/aromatic N) is 1. The maximum absolute atomic E-state index is 12.7. The third kappa shape index (κ3) is 35.0. The summed E-state index contributed by atoms with van der Waals surface area (Å²) < 4.78 is 17.2. The van der Waals surface area contributed by atoms with Gasteiger partial charge in [-0.05, 0) is 70.6 Å². The fourth-order valence-corrected chi connectivity index (χ4v) is 6.10. The van der Waals surface area contributed by atoms with E-state index in [0.717, 1.165) is 64.2 Å². The van der Waals surface area contributed by atoms with Crippen LogP contribution in [0.15, 0.2) is 48.6 Å². The van der Waals surface area contributed by atoms with Crippen LogP contribution in [0.3, 0.4) is 0 Å². The predicted octanol–water partition coefficient (Wildman–Crippen LogP) is 11.6. The summed E-state index contributed by atoms with van der Waals surface area (Å²) in [7, 11) is 5.51. The summed E-state index contributed by atoms with van der Waals surface area (Å²) in [6, 6.07) is -0.621. The first-order chi connectivity index (χ1) is 26.1. The van der Waals surface area contributed by atoms with Crippen molar-refractivity contribution >= 4 is 17.9 Å². The highest BCUT2D eigenvalue weighted by molar-refractivity contribution is 5.72. The van der Waals surface area contributed by atoms with Crippen LogP contribution in [0.2, 0.25) is 0 Å². The zero-order valence-corrected chi connectivity index (χ0v) is 35.4. The number of esters is 2. The molecule has 0 aromatic rings. The molecule has 2 unspecified atom stereocenters. The van der Waals surface area contributed by atoms with Crippen molar-refractivity contribution in [1.29, 1.82) is 0 Å². The van der Waals surface area contributed by atoms with E-state index >= 15 is 0 Å². The van der Waals surface area contributed by atoms with Crippen molar-refractivity contribution in [1.82, 2.24) is 0 Å². The lowest BCUT2D eigenvalue weighted by Gasteiger charge is -2.31. The fourth-order valence-electron chi connectivity index (χ4n) is 6.10. The number of quaternary nitrogens is 1. The maximum atomic E-state index is 12.7. The monoisotopic (exact) mass is 761 g/mol. The number of hydrogen-bond donors (Lipinski definition) is 1. The minimum absolute atomic E-state index is 0.0472. The summed E-state index contributed by atoms with van der Waals surface area (Å²) in [6.07, 6.45) is 43.0. The van der Waals surface area contributed by atoms with Crippen molar-refractivity contribution in [2.24, 2.45) is 0 Å². The lowest BCUT2D eigenvalue weighted by molar-refractivity contribution is -0.887. The van der Waals surface area contributed by atoms with Gasteiger partial charge in [-0.15, -0.1) is 0 Å². The van der Waals surface area contributed by atoms with Gasteiger partial charge < -0.3 is 23.8 Å². The van der Waals surface area contributed by atoms with Crippen LogP contribution in [0.25, 0.3) is 0 Å². The van der Waals surface area contributed by atoms with E-state index in [9.17, 15) is 19.5 Å². The van der Waals surface area contributed by atoms with E-state index in [1.54, 1.807) is 0 Å². The molecular weight excluding hydrogens is 679 g/mol. The number of carbonyl (C=O) groups is 3. The van der Waals surface area contributed by atoms with Crippen molar-refractivity contribution in [2.45, 2.75) is 187 Å². The number of allylic oxidation sites excluding steroid dienone is 8. The Kier molecular flexibility index (Phi) is 35.4. The SMILES string of the molecule is CC/C=C\C/C=C\C/C=C\CCCCCC(=O)OC(COCCC(C(=O)O)[N+](C)(C)C)COC(=O)CCCCCCCCC/C=C\CCCCCCCC. The zero-order valence-electron chi connectivity index (χ0n) is 35.4. The van der Waals surface area contributed by atoms with E-state index in [1.807, 2.05) is 21.1 Å². The van der Waals surface area contributed by atoms with Gasteiger partial charge in [0.2, 0.25) is 0 Å². The number of carboxylic acid groups (broad SMARTS) is 1. The van der Waals surface area contributed by atoms with Crippen LogP contribution in [-0.4, -0.2) is 80.6 Å². The quantitative estimate of drug-likeness (QED) is 0.0289. The van der Waals surface area contributed by atoms with Crippen LogP contribution in [-0.2, 0) is 28.6 Å². The first-order valence-electron chi connectivity index (χ1n) is 21.7. The number of carboxylic acids is 1. The van der Waals surface area contributed by atoms with Gasteiger partial charge in [0.1, 0.15) is 6.61 Å². The number of rotatable bonds is 38. The minimum atomic E-state index is -0.882. The number of aliphatic carboxylic acids is 1. The third-order valence-corrected chi connectivity index (χ3v) is 9.46. The molecule has 0 fully saturated rings. The Balaban J connectivity index is 4.38. The largest absolute Gasteiger partial charge is 0.477 e. The van der Waals surface area contributed by atoms with Crippen LogP contribution < -0.4 is 0 Å². The molecule has 0 heterocycles. The molecule has 0 aromatic heterocycles. The van der Waals surface area contributed by atoms with Crippen molar-refractivity contribution in [3.05, 3.63) is 48.6 Å². The Morgan fingerprint density at radius 2 is 1.04 bits per heavy atom. The molecule has 8 nitrogen and oxygen atoms in total. The molecule has 0 aliphatic rings. The van der Waals surface area contributed by atoms with Crippen LogP contribution >= 0.6 is 0 Å². The fraction of sp³-hybridized carbons (Fsp3) is 0.761. The van der Waals surface area contributed by atoms with Gasteiger partial charge in [0.15, 0.2) is 12.1 Å². The molecule has 0 saturated heterocycles. The van der Waals surface area contributed by atoms with Gasteiger partial charge in [0.05, 0.1) is 34.4 Å². The molecule has 0 aromatic carbocycles. The van der Waals surface area contributed by atoms with Gasteiger partial charge in [0.25, 0.3) is 0 Å². The second-order valence-electron chi connectivity index (χ2n) is 15.6. The Bertz CT molecular complexity index is 1030. The summed E-state index contributed by atoms with van der Waals surface area (Å²) in [6.45, 7) is 4.58. The normalized spacial score (nSPS) is 13.4. The smallest absolute Gasteiger partial charge is 0.362 e. The highest BCUT2D eigenvalue weighted by Crippen LogP contribution is 2.13. The van der Waals surface area contributed by atoms with E-state index in [1.165, 1.54) is 77.0 Å². The lowest BCUT2D eigenvalue weighted by atomic mass is 10.1. The molecule has 0 radical (unpaired) electrons. The lowest BCUT2D eigenvalue weighted by Crippen LogP contribution is -2.50. The summed E-state index contributed by atoms with van der Waals surface area (Å²) in [5.74, 6) is -1.51. The van der Waals surface area contributed by atoms with Crippen LogP contribution in [0.4, 0.5) is 0 Å². The molecule has 0 aliphatic heterocycles. The van der Waals surface area contributed by atoms with Crippen molar-refractivity contribution in [3.8, 4) is 0 Å². The summed E-state index contributed by atoms with van der Waals surface area (Å²) in [5, 5.41) is 9.61. The molecule has 0 saturated carbocycles. The number of likely N-dealkylation sites (N-methyl/N-ethyl adjacent to an activating group) is 1. The molecule has 312 valence electrons.